The number of aromatic hydroxyl groups is 2. The summed E-state index contributed by atoms with van der Waals surface area (Å²) >= 11 is 12.4. The van der Waals surface area contributed by atoms with Gasteiger partial charge in [-0.05, 0) is 61.1 Å². The van der Waals surface area contributed by atoms with Crippen molar-refractivity contribution in [3.8, 4) is 17.2 Å². The molecule has 2 unspecified atom stereocenters. The largest absolute Gasteiger partial charge is 0.504 e. The smallest absolute Gasteiger partial charge is 0.261 e. The van der Waals surface area contributed by atoms with Gasteiger partial charge in [0.1, 0.15) is 0 Å². The number of hydrogen-bond acceptors (Lipinski definition) is 4. The number of fused-ring (bicyclic) bond motifs is 1. The number of rotatable bonds is 7. The second-order valence-corrected chi connectivity index (χ2v) is 8.13. The fourth-order valence-electron chi connectivity index (χ4n) is 3.72. The molecule has 5 nitrogen and oxygen atoms in total. The Bertz CT molecular complexity index is 867. The van der Waals surface area contributed by atoms with Crippen molar-refractivity contribution in [1.82, 2.24) is 5.32 Å². The molecule has 1 amide bonds. The third kappa shape index (κ3) is 5.09. The van der Waals surface area contributed by atoms with Crippen molar-refractivity contribution in [2.45, 2.75) is 51.0 Å². The van der Waals surface area contributed by atoms with E-state index < -0.39 is 6.10 Å². The van der Waals surface area contributed by atoms with E-state index in [-0.39, 0.29) is 23.3 Å². The SMILES string of the molecule is CCCC(Oc1c(Cl)cccc1Cl)C(=O)NCC1CCCc2cc(O)c(O)cc21. The first-order valence-corrected chi connectivity index (χ1v) is 10.6. The molecule has 0 fully saturated rings. The Kier molecular flexibility index (Phi) is 7.14. The Labute approximate surface area is 180 Å². The molecule has 2 aromatic rings. The number of ether oxygens (including phenoxy) is 1. The van der Waals surface area contributed by atoms with E-state index in [1.807, 2.05) is 6.92 Å². The van der Waals surface area contributed by atoms with Crippen LogP contribution in [0.2, 0.25) is 10.0 Å². The summed E-state index contributed by atoms with van der Waals surface area (Å²) in [6.07, 6.45) is 3.30. The Morgan fingerprint density at radius 2 is 1.93 bits per heavy atom. The van der Waals surface area contributed by atoms with Crippen LogP contribution in [0.25, 0.3) is 0 Å². The molecule has 0 aromatic heterocycles. The molecular weight excluding hydrogens is 413 g/mol. The number of phenols is 2. The van der Waals surface area contributed by atoms with Gasteiger partial charge < -0.3 is 20.3 Å². The molecule has 3 rings (SSSR count). The average molecular weight is 438 g/mol. The summed E-state index contributed by atoms with van der Waals surface area (Å²) in [4.78, 5) is 12.8. The number of halogens is 2. The number of para-hydroxylation sites is 1. The number of carbonyl (C=O) groups excluding carboxylic acids is 1. The molecule has 0 bridgehead atoms. The second-order valence-electron chi connectivity index (χ2n) is 7.32. The van der Waals surface area contributed by atoms with Gasteiger partial charge in [-0.3, -0.25) is 4.79 Å². The number of aryl methyl sites for hydroxylation is 1. The van der Waals surface area contributed by atoms with Crippen LogP contribution in [-0.4, -0.2) is 28.8 Å². The molecule has 29 heavy (non-hydrogen) atoms. The lowest BCUT2D eigenvalue weighted by molar-refractivity contribution is -0.128. The molecule has 156 valence electrons. The number of phenolic OH excluding ortho intramolecular Hbond substituents is 2. The standard InChI is InChI=1S/C22H25Cl2NO4/c1-2-5-20(29-21-16(23)8-4-9-17(21)24)22(28)25-12-14-7-3-6-13-10-18(26)19(27)11-15(13)14/h4,8-11,14,20,26-27H,2-3,5-7,12H2,1H3,(H,25,28). The van der Waals surface area contributed by atoms with Crippen molar-refractivity contribution >= 4 is 29.1 Å². The van der Waals surface area contributed by atoms with Gasteiger partial charge in [-0.2, -0.15) is 0 Å². The molecule has 0 saturated carbocycles. The van der Waals surface area contributed by atoms with Crippen LogP contribution in [0.1, 0.15) is 49.7 Å². The summed E-state index contributed by atoms with van der Waals surface area (Å²) in [6, 6.07) is 8.28. The monoisotopic (exact) mass is 437 g/mol. The van der Waals surface area contributed by atoms with Gasteiger partial charge in [0.25, 0.3) is 5.91 Å². The summed E-state index contributed by atoms with van der Waals surface area (Å²) in [6.45, 7) is 2.40. The second kappa shape index (κ2) is 9.59. The number of nitrogens with one attached hydrogen (secondary N) is 1. The highest BCUT2D eigenvalue weighted by molar-refractivity contribution is 6.37. The topological polar surface area (TPSA) is 78.8 Å². The van der Waals surface area contributed by atoms with Crippen molar-refractivity contribution in [2.75, 3.05) is 6.54 Å². The quantitative estimate of drug-likeness (QED) is 0.520. The maximum atomic E-state index is 12.8. The van der Waals surface area contributed by atoms with E-state index in [0.717, 1.165) is 36.8 Å². The molecule has 0 aliphatic heterocycles. The highest BCUT2D eigenvalue weighted by Crippen LogP contribution is 2.38. The van der Waals surface area contributed by atoms with E-state index in [1.54, 1.807) is 30.3 Å². The molecule has 2 atom stereocenters. The molecule has 0 saturated heterocycles. The zero-order valence-electron chi connectivity index (χ0n) is 16.3. The normalized spacial score (nSPS) is 16.7. The van der Waals surface area contributed by atoms with E-state index in [9.17, 15) is 15.0 Å². The van der Waals surface area contributed by atoms with Crippen LogP contribution >= 0.6 is 23.2 Å². The first-order valence-electron chi connectivity index (χ1n) is 9.83. The van der Waals surface area contributed by atoms with Crippen molar-refractivity contribution in [1.29, 1.82) is 0 Å². The minimum atomic E-state index is -0.700. The average Bonchev–Trinajstić information content (AvgIpc) is 2.69. The number of carbonyl (C=O) groups is 1. The van der Waals surface area contributed by atoms with E-state index in [4.69, 9.17) is 27.9 Å². The van der Waals surface area contributed by atoms with Gasteiger partial charge in [0.2, 0.25) is 0 Å². The van der Waals surface area contributed by atoms with E-state index in [1.165, 1.54) is 0 Å². The van der Waals surface area contributed by atoms with Crippen molar-refractivity contribution in [2.24, 2.45) is 0 Å². The maximum Gasteiger partial charge on any atom is 0.261 e. The number of amides is 1. The summed E-state index contributed by atoms with van der Waals surface area (Å²) in [7, 11) is 0. The molecule has 2 aromatic carbocycles. The third-order valence-corrected chi connectivity index (χ3v) is 5.82. The highest BCUT2D eigenvalue weighted by Gasteiger charge is 2.26. The zero-order valence-corrected chi connectivity index (χ0v) is 17.8. The van der Waals surface area contributed by atoms with Gasteiger partial charge in [-0.15, -0.1) is 0 Å². The van der Waals surface area contributed by atoms with Crippen molar-refractivity contribution < 1.29 is 19.7 Å². The Morgan fingerprint density at radius 1 is 1.24 bits per heavy atom. The van der Waals surface area contributed by atoms with Crippen LogP contribution < -0.4 is 10.1 Å². The molecule has 3 N–H and O–H groups in total. The lowest BCUT2D eigenvalue weighted by Crippen LogP contribution is -2.40. The molecule has 1 aliphatic rings. The van der Waals surface area contributed by atoms with Crippen LogP contribution in [0.5, 0.6) is 17.2 Å². The lowest BCUT2D eigenvalue weighted by atomic mass is 9.82. The van der Waals surface area contributed by atoms with Crippen LogP contribution in [-0.2, 0) is 11.2 Å². The molecular formula is C22H25Cl2NO4. The van der Waals surface area contributed by atoms with Gasteiger partial charge in [-0.25, -0.2) is 0 Å². The summed E-state index contributed by atoms with van der Waals surface area (Å²) < 4.78 is 5.87. The van der Waals surface area contributed by atoms with Gasteiger partial charge in [0.05, 0.1) is 10.0 Å². The Balaban J connectivity index is 1.70. The maximum absolute atomic E-state index is 12.8. The Hall–Kier alpha value is -2.11. The van der Waals surface area contributed by atoms with Crippen LogP contribution in [0, 0.1) is 0 Å². The zero-order chi connectivity index (χ0) is 21.0. The molecule has 0 spiro atoms. The number of hydrogen-bond donors (Lipinski definition) is 3. The van der Waals surface area contributed by atoms with Crippen molar-refractivity contribution in [3.05, 3.63) is 51.5 Å². The predicted molar refractivity (Wildman–Crippen MR) is 114 cm³/mol. The third-order valence-electron chi connectivity index (χ3n) is 5.22. The van der Waals surface area contributed by atoms with Crippen LogP contribution in [0.4, 0.5) is 0 Å². The summed E-state index contributed by atoms with van der Waals surface area (Å²) in [5.41, 5.74) is 1.98. The number of benzene rings is 2. The van der Waals surface area contributed by atoms with Crippen LogP contribution in [0.15, 0.2) is 30.3 Å². The fraction of sp³-hybridized carbons (Fsp3) is 0.409. The van der Waals surface area contributed by atoms with Crippen LogP contribution in [0.3, 0.4) is 0 Å². The van der Waals surface area contributed by atoms with Gasteiger partial charge >= 0.3 is 0 Å². The molecule has 0 heterocycles. The first kappa shape index (κ1) is 21.6. The van der Waals surface area contributed by atoms with E-state index >= 15 is 0 Å². The lowest BCUT2D eigenvalue weighted by Gasteiger charge is -2.27. The van der Waals surface area contributed by atoms with Gasteiger partial charge in [0, 0.05) is 12.5 Å². The Morgan fingerprint density at radius 3 is 2.62 bits per heavy atom. The minimum absolute atomic E-state index is 0.0698. The minimum Gasteiger partial charge on any atom is -0.504 e. The van der Waals surface area contributed by atoms with E-state index in [0.29, 0.717) is 28.8 Å². The fourth-order valence-corrected chi connectivity index (χ4v) is 4.21. The summed E-state index contributed by atoms with van der Waals surface area (Å²) in [5, 5.41) is 23.3. The first-order chi connectivity index (χ1) is 13.9. The van der Waals surface area contributed by atoms with Gasteiger partial charge in [-0.1, -0.05) is 42.6 Å². The molecule has 7 heteroatoms. The van der Waals surface area contributed by atoms with E-state index in [2.05, 4.69) is 5.32 Å². The van der Waals surface area contributed by atoms with Crippen molar-refractivity contribution in [3.63, 3.8) is 0 Å². The molecule has 0 radical (unpaired) electrons. The molecule has 1 aliphatic carbocycles. The van der Waals surface area contributed by atoms with Gasteiger partial charge in [0.15, 0.2) is 23.4 Å². The summed E-state index contributed by atoms with van der Waals surface area (Å²) in [5.74, 6) is -0.0878. The predicted octanol–water partition coefficient (Wildman–Crippen LogP) is 5.19. The highest BCUT2D eigenvalue weighted by atomic mass is 35.5.